The van der Waals surface area contributed by atoms with E-state index in [2.05, 4.69) is 53.4 Å². The zero-order valence-electron chi connectivity index (χ0n) is 18.7. The SMILES string of the molecule is CC(C)c1ccc(-c2ccc([C@H]3OC[C@H](O)[C@H](O)[C@H]3Nc3cncc(C(F)(F)F)n3)cc2)cc1. The highest BCUT2D eigenvalue weighted by Gasteiger charge is 2.40. The lowest BCUT2D eigenvalue weighted by Gasteiger charge is -2.39. The van der Waals surface area contributed by atoms with Gasteiger partial charge in [0.05, 0.1) is 25.0 Å². The number of aromatic nitrogens is 2. The Balaban J connectivity index is 1.58. The number of nitrogens with zero attached hydrogens (tertiary/aromatic N) is 2. The molecule has 1 aliphatic rings. The highest BCUT2D eigenvalue weighted by Crippen LogP contribution is 2.33. The van der Waals surface area contributed by atoms with Gasteiger partial charge in [0, 0.05) is 0 Å². The van der Waals surface area contributed by atoms with E-state index < -0.39 is 36.2 Å². The molecular formula is C25H26F3N3O3. The Labute approximate surface area is 195 Å². The molecule has 3 aromatic rings. The number of anilines is 1. The minimum atomic E-state index is -4.66. The highest BCUT2D eigenvalue weighted by molar-refractivity contribution is 5.64. The summed E-state index contributed by atoms with van der Waals surface area (Å²) in [5.74, 6) is 0.260. The van der Waals surface area contributed by atoms with Crippen LogP contribution in [0.5, 0.6) is 0 Å². The number of rotatable bonds is 5. The lowest BCUT2D eigenvalue weighted by molar-refractivity contribution is -0.141. The van der Waals surface area contributed by atoms with Crippen molar-refractivity contribution in [1.82, 2.24) is 9.97 Å². The van der Waals surface area contributed by atoms with Crippen LogP contribution in [0.2, 0.25) is 0 Å². The maximum Gasteiger partial charge on any atom is 0.434 e. The van der Waals surface area contributed by atoms with Crippen LogP contribution in [-0.2, 0) is 10.9 Å². The zero-order valence-corrected chi connectivity index (χ0v) is 18.7. The van der Waals surface area contributed by atoms with Crippen molar-refractivity contribution in [3.63, 3.8) is 0 Å². The van der Waals surface area contributed by atoms with Crippen LogP contribution < -0.4 is 5.32 Å². The summed E-state index contributed by atoms with van der Waals surface area (Å²) >= 11 is 0. The maximum atomic E-state index is 13.0. The Bertz CT molecular complexity index is 1100. The first-order valence-electron chi connectivity index (χ1n) is 11.0. The minimum absolute atomic E-state index is 0.114. The van der Waals surface area contributed by atoms with E-state index >= 15 is 0 Å². The number of alkyl halides is 3. The van der Waals surface area contributed by atoms with Gasteiger partial charge in [0.2, 0.25) is 0 Å². The molecule has 0 amide bonds. The maximum absolute atomic E-state index is 13.0. The van der Waals surface area contributed by atoms with Crippen LogP contribution in [0.25, 0.3) is 11.1 Å². The molecule has 3 N–H and O–H groups in total. The zero-order chi connectivity index (χ0) is 24.5. The molecule has 4 rings (SSSR count). The van der Waals surface area contributed by atoms with Crippen molar-refractivity contribution in [1.29, 1.82) is 0 Å². The van der Waals surface area contributed by atoms with Crippen LogP contribution in [0.1, 0.15) is 42.7 Å². The van der Waals surface area contributed by atoms with Gasteiger partial charge in [-0.25, -0.2) is 4.98 Å². The summed E-state index contributed by atoms with van der Waals surface area (Å²) in [6.45, 7) is 4.15. The second kappa shape index (κ2) is 9.69. The second-order valence-corrected chi connectivity index (χ2v) is 8.67. The van der Waals surface area contributed by atoms with Crippen molar-refractivity contribution >= 4 is 5.82 Å². The largest absolute Gasteiger partial charge is 0.434 e. The van der Waals surface area contributed by atoms with Crippen molar-refractivity contribution in [3.8, 4) is 11.1 Å². The molecule has 4 atom stereocenters. The molecule has 9 heteroatoms. The van der Waals surface area contributed by atoms with Crippen molar-refractivity contribution in [2.24, 2.45) is 0 Å². The first-order chi connectivity index (χ1) is 16.1. The van der Waals surface area contributed by atoms with Crippen molar-refractivity contribution < 1.29 is 28.1 Å². The molecule has 2 heterocycles. The number of nitrogens with one attached hydrogen (secondary N) is 1. The quantitative estimate of drug-likeness (QED) is 0.504. The highest BCUT2D eigenvalue weighted by atomic mass is 19.4. The van der Waals surface area contributed by atoms with Crippen molar-refractivity contribution in [2.45, 2.75) is 50.3 Å². The van der Waals surface area contributed by atoms with Crippen LogP contribution in [0.4, 0.5) is 19.0 Å². The fourth-order valence-electron chi connectivity index (χ4n) is 3.96. The fourth-order valence-corrected chi connectivity index (χ4v) is 3.96. The van der Waals surface area contributed by atoms with Gasteiger partial charge in [0.25, 0.3) is 0 Å². The molecule has 0 spiro atoms. The van der Waals surface area contributed by atoms with Crippen LogP contribution in [0, 0.1) is 0 Å². The van der Waals surface area contributed by atoms with Gasteiger partial charge in [-0.05, 0) is 28.2 Å². The number of ether oxygens (including phenoxy) is 1. The molecule has 34 heavy (non-hydrogen) atoms. The predicted octanol–water partition coefficient (Wildman–Crippen LogP) is 4.56. The summed E-state index contributed by atoms with van der Waals surface area (Å²) in [7, 11) is 0. The molecule has 2 aromatic carbocycles. The van der Waals surface area contributed by atoms with Crippen LogP contribution in [-0.4, -0.2) is 45.0 Å². The van der Waals surface area contributed by atoms with Gasteiger partial charge < -0.3 is 20.3 Å². The smallest absolute Gasteiger partial charge is 0.388 e. The summed E-state index contributed by atoms with van der Waals surface area (Å²) in [4.78, 5) is 7.14. The molecule has 180 valence electrons. The van der Waals surface area contributed by atoms with E-state index in [4.69, 9.17) is 4.74 Å². The lowest BCUT2D eigenvalue weighted by Crippen LogP contribution is -2.52. The molecule has 0 unspecified atom stereocenters. The Kier molecular flexibility index (Phi) is 6.88. The molecule has 0 aliphatic carbocycles. The number of benzene rings is 2. The first-order valence-corrected chi connectivity index (χ1v) is 11.0. The van der Waals surface area contributed by atoms with Gasteiger partial charge in [-0.2, -0.15) is 13.2 Å². The second-order valence-electron chi connectivity index (χ2n) is 8.67. The third kappa shape index (κ3) is 5.22. The summed E-state index contributed by atoms with van der Waals surface area (Å²) < 4.78 is 44.8. The average molecular weight is 473 g/mol. The Hall–Kier alpha value is -3.01. The summed E-state index contributed by atoms with van der Waals surface area (Å²) in [5, 5.41) is 23.5. The van der Waals surface area contributed by atoms with Crippen LogP contribution in [0.3, 0.4) is 0 Å². The fraction of sp³-hybridized carbons (Fsp3) is 0.360. The number of aliphatic hydroxyl groups is 2. The first kappa shape index (κ1) is 24.1. The normalized spacial score (nSPS) is 23.2. The molecule has 1 aliphatic heterocycles. The van der Waals surface area contributed by atoms with E-state index in [-0.39, 0.29) is 12.4 Å². The van der Waals surface area contributed by atoms with Gasteiger partial charge in [0.1, 0.15) is 24.1 Å². The molecule has 0 saturated carbocycles. The molecule has 6 nitrogen and oxygen atoms in total. The predicted molar refractivity (Wildman–Crippen MR) is 121 cm³/mol. The lowest BCUT2D eigenvalue weighted by atomic mass is 9.91. The van der Waals surface area contributed by atoms with E-state index in [9.17, 15) is 23.4 Å². The summed E-state index contributed by atoms with van der Waals surface area (Å²) in [6, 6.07) is 14.9. The van der Waals surface area contributed by atoms with Gasteiger partial charge in [0.15, 0.2) is 5.69 Å². The summed E-state index contributed by atoms with van der Waals surface area (Å²) in [5.41, 5.74) is 2.82. The van der Waals surface area contributed by atoms with Crippen LogP contribution in [0.15, 0.2) is 60.9 Å². The molecule has 1 aromatic heterocycles. The van der Waals surface area contributed by atoms with Crippen molar-refractivity contribution in [2.75, 3.05) is 11.9 Å². The summed E-state index contributed by atoms with van der Waals surface area (Å²) in [6.07, 6.45) is -6.13. The Morgan fingerprint density at radius 1 is 0.971 bits per heavy atom. The van der Waals surface area contributed by atoms with Gasteiger partial charge in [-0.3, -0.25) is 4.98 Å². The Morgan fingerprint density at radius 3 is 2.18 bits per heavy atom. The number of halogens is 3. The monoisotopic (exact) mass is 473 g/mol. The molecular weight excluding hydrogens is 447 g/mol. The van der Waals surface area contributed by atoms with Gasteiger partial charge in [-0.1, -0.05) is 62.4 Å². The van der Waals surface area contributed by atoms with E-state index in [1.807, 2.05) is 24.3 Å². The molecule has 0 radical (unpaired) electrons. The van der Waals surface area contributed by atoms with E-state index in [0.29, 0.717) is 17.7 Å². The molecule has 0 bridgehead atoms. The van der Waals surface area contributed by atoms with Gasteiger partial charge >= 0.3 is 6.18 Å². The Morgan fingerprint density at radius 2 is 1.59 bits per heavy atom. The van der Waals surface area contributed by atoms with Crippen LogP contribution >= 0.6 is 0 Å². The topological polar surface area (TPSA) is 87.5 Å². The third-order valence-corrected chi connectivity index (χ3v) is 5.92. The third-order valence-electron chi connectivity index (χ3n) is 5.92. The standard InChI is InChI=1S/C25H26F3N3O3/c1-14(2)15-3-5-16(6-4-15)17-7-9-18(10-8-17)24-22(23(33)19(32)13-34-24)31-21-12-29-11-20(30-21)25(26,27)28/h3-12,14,19,22-24,32-33H,13H2,1-2H3,(H,30,31)/t19-,22+,23-,24+/m0/s1. The molecule has 1 saturated heterocycles. The van der Waals surface area contributed by atoms with Crippen molar-refractivity contribution in [3.05, 3.63) is 77.7 Å². The average Bonchev–Trinajstić information content (AvgIpc) is 2.82. The minimum Gasteiger partial charge on any atom is -0.388 e. The number of aliphatic hydroxyl groups excluding tert-OH is 2. The van der Waals surface area contributed by atoms with E-state index in [1.165, 1.54) is 5.56 Å². The van der Waals surface area contributed by atoms with Gasteiger partial charge in [-0.15, -0.1) is 0 Å². The number of hydrogen-bond donors (Lipinski definition) is 3. The number of hydrogen-bond acceptors (Lipinski definition) is 6. The molecule has 1 fully saturated rings. The van der Waals surface area contributed by atoms with E-state index in [1.54, 1.807) is 0 Å². The van der Waals surface area contributed by atoms with E-state index in [0.717, 1.165) is 17.3 Å².